The van der Waals surface area contributed by atoms with E-state index < -0.39 is 0 Å². The van der Waals surface area contributed by atoms with Crippen LogP contribution >= 0.6 is 0 Å². The normalized spacial score (nSPS) is 15.1. The lowest BCUT2D eigenvalue weighted by Gasteiger charge is -2.16. The molecule has 190 valence electrons. The van der Waals surface area contributed by atoms with Gasteiger partial charge in [0.05, 0.1) is 5.52 Å². The van der Waals surface area contributed by atoms with Crippen LogP contribution in [0.15, 0.2) is 74.0 Å². The average Bonchev–Trinajstić information content (AvgIpc) is 3.59. The molecule has 0 aliphatic carbocycles. The number of hydrogen-bond acceptors (Lipinski definition) is 9. The minimum absolute atomic E-state index is 0.0521. The molecule has 38 heavy (non-hydrogen) atoms. The molecule has 1 saturated heterocycles. The topological polar surface area (TPSA) is 122 Å². The first-order valence-corrected chi connectivity index (χ1v) is 12.2. The van der Waals surface area contributed by atoms with Crippen LogP contribution in [0, 0.1) is 6.92 Å². The number of nitrogens with zero attached hydrogens (tertiary/aromatic N) is 7. The van der Waals surface area contributed by atoms with Gasteiger partial charge in [-0.3, -0.25) is 4.79 Å². The van der Waals surface area contributed by atoms with Crippen molar-refractivity contribution in [3.8, 4) is 11.5 Å². The van der Waals surface area contributed by atoms with Crippen molar-refractivity contribution < 1.29 is 9.53 Å². The number of nitrogens with one attached hydrogen (secondary N) is 2. The van der Waals surface area contributed by atoms with Gasteiger partial charge in [-0.15, -0.1) is 0 Å². The Labute approximate surface area is 218 Å². The summed E-state index contributed by atoms with van der Waals surface area (Å²) in [7, 11) is 0. The van der Waals surface area contributed by atoms with E-state index in [2.05, 4.69) is 37.3 Å². The van der Waals surface area contributed by atoms with Gasteiger partial charge < -0.3 is 20.3 Å². The first-order valence-electron chi connectivity index (χ1n) is 12.2. The summed E-state index contributed by atoms with van der Waals surface area (Å²) in [5.74, 6) is 2.66. The van der Waals surface area contributed by atoms with Crippen LogP contribution in [0.3, 0.4) is 0 Å². The van der Waals surface area contributed by atoms with E-state index in [9.17, 15) is 4.79 Å². The lowest BCUT2D eigenvalue weighted by molar-refractivity contribution is -0.125. The number of anilines is 3. The summed E-state index contributed by atoms with van der Waals surface area (Å²) < 4.78 is 7.77. The molecule has 1 fully saturated rings. The average molecular weight is 508 g/mol. The van der Waals surface area contributed by atoms with Gasteiger partial charge in [0.25, 0.3) is 0 Å². The molecule has 11 nitrogen and oxygen atoms in total. The second-order valence-corrected chi connectivity index (χ2v) is 9.04. The van der Waals surface area contributed by atoms with E-state index in [1.807, 2.05) is 55.6 Å². The van der Waals surface area contributed by atoms with Crippen molar-refractivity contribution in [1.82, 2.24) is 34.4 Å². The van der Waals surface area contributed by atoms with Crippen LogP contribution in [0.1, 0.15) is 12.0 Å². The Hall–Kier alpha value is -5.06. The van der Waals surface area contributed by atoms with Crippen molar-refractivity contribution in [2.24, 2.45) is 0 Å². The molecule has 0 unspecified atom stereocenters. The molecule has 2 N–H and O–H groups in total. The van der Waals surface area contributed by atoms with Crippen LogP contribution in [0.2, 0.25) is 0 Å². The quantitative estimate of drug-likeness (QED) is 0.313. The number of carbonyl (C=O) groups is 1. The molecule has 1 amide bonds. The number of rotatable bonds is 7. The fraction of sp³-hybridized carbons (Fsp3) is 0.185. The first kappa shape index (κ1) is 23.3. The predicted molar refractivity (Wildman–Crippen MR) is 144 cm³/mol. The third-order valence-corrected chi connectivity index (χ3v) is 6.43. The Balaban J connectivity index is 1.19. The minimum atomic E-state index is -0.0521. The summed E-state index contributed by atoms with van der Waals surface area (Å²) in [5.41, 5.74) is 3.88. The van der Waals surface area contributed by atoms with Gasteiger partial charge >= 0.3 is 0 Å². The summed E-state index contributed by atoms with van der Waals surface area (Å²) in [4.78, 5) is 31.5. The van der Waals surface area contributed by atoms with Crippen LogP contribution in [-0.2, 0) is 4.79 Å². The molecule has 0 saturated carbocycles. The highest BCUT2D eigenvalue weighted by Crippen LogP contribution is 2.30. The number of likely N-dealkylation sites (tertiary alicyclic amines) is 1. The molecule has 5 heterocycles. The summed E-state index contributed by atoms with van der Waals surface area (Å²) >= 11 is 0. The lowest BCUT2D eigenvalue weighted by atomic mass is 10.2. The molecule has 1 atom stereocenters. The highest BCUT2D eigenvalue weighted by atomic mass is 16.5. The Bertz CT molecular complexity index is 1670. The number of pyridine rings is 2. The maximum atomic E-state index is 11.9. The number of benzene rings is 1. The number of aryl methyl sites for hydroxylation is 1. The fourth-order valence-electron chi connectivity index (χ4n) is 4.49. The Morgan fingerprint density at radius 2 is 2.05 bits per heavy atom. The Morgan fingerprint density at radius 1 is 1.13 bits per heavy atom. The first-order chi connectivity index (χ1) is 18.6. The van der Waals surface area contributed by atoms with E-state index in [0.29, 0.717) is 41.6 Å². The van der Waals surface area contributed by atoms with E-state index in [1.54, 1.807) is 9.42 Å². The highest BCUT2D eigenvalue weighted by Gasteiger charge is 2.25. The molecule has 11 heteroatoms. The van der Waals surface area contributed by atoms with Crippen molar-refractivity contribution in [2.75, 3.05) is 23.7 Å². The van der Waals surface area contributed by atoms with E-state index in [-0.39, 0.29) is 11.9 Å². The molecule has 1 aliphatic rings. The SMILES string of the molecule is C=CC(=O)N1CC[C@H](Nc2ccc3ncnc(Nc4ccc(Oc5ccn6ncnc6c5)c(C)c4)c3n2)C1. The molecule has 0 spiro atoms. The minimum Gasteiger partial charge on any atom is -0.457 e. The maximum absolute atomic E-state index is 11.9. The molecule has 1 aromatic carbocycles. The van der Waals surface area contributed by atoms with Gasteiger partial charge in [-0.25, -0.2) is 24.5 Å². The monoisotopic (exact) mass is 507 g/mol. The van der Waals surface area contributed by atoms with Crippen LogP contribution in [-0.4, -0.2) is 59.5 Å². The van der Waals surface area contributed by atoms with Gasteiger partial charge in [-0.05, 0) is 61.4 Å². The molecule has 6 rings (SSSR count). The standard InChI is InChI=1S/C27H25N9O2/c1-3-25(37)35-10-8-19(14-35)32-23-7-5-21-26(34-23)27(30-15-28-21)33-18-4-6-22(17(2)12-18)38-20-9-11-36-24(13-20)29-16-31-36/h3-7,9,11-13,15-16,19H,1,8,10,14H2,2H3,(H,32,34)(H,28,30,33)/t19-/m0/s1. The van der Waals surface area contributed by atoms with Gasteiger partial charge in [-0.2, -0.15) is 5.10 Å². The van der Waals surface area contributed by atoms with E-state index >= 15 is 0 Å². The van der Waals surface area contributed by atoms with Gasteiger partial charge in [0.2, 0.25) is 5.91 Å². The summed E-state index contributed by atoms with van der Waals surface area (Å²) in [6.07, 6.45) is 7.02. The number of ether oxygens (including phenoxy) is 1. The zero-order valence-electron chi connectivity index (χ0n) is 20.7. The van der Waals surface area contributed by atoms with E-state index in [1.165, 1.54) is 18.7 Å². The molecular weight excluding hydrogens is 482 g/mol. The van der Waals surface area contributed by atoms with Crippen LogP contribution < -0.4 is 15.4 Å². The van der Waals surface area contributed by atoms with Crippen molar-refractivity contribution >= 4 is 39.9 Å². The molecule has 0 radical (unpaired) electrons. The number of carbonyl (C=O) groups excluding carboxylic acids is 1. The van der Waals surface area contributed by atoms with Crippen molar-refractivity contribution in [2.45, 2.75) is 19.4 Å². The van der Waals surface area contributed by atoms with Crippen molar-refractivity contribution in [1.29, 1.82) is 0 Å². The maximum Gasteiger partial charge on any atom is 0.246 e. The Morgan fingerprint density at radius 3 is 2.92 bits per heavy atom. The third kappa shape index (κ3) is 4.69. The number of fused-ring (bicyclic) bond motifs is 2. The van der Waals surface area contributed by atoms with E-state index in [4.69, 9.17) is 9.72 Å². The zero-order valence-corrected chi connectivity index (χ0v) is 20.7. The summed E-state index contributed by atoms with van der Waals surface area (Å²) in [5, 5.41) is 10.9. The number of amides is 1. The van der Waals surface area contributed by atoms with Crippen LogP contribution in [0.5, 0.6) is 11.5 Å². The van der Waals surface area contributed by atoms with Crippen molar-refractivity contribution in [3.05, 3.63) is 79.5 Å². The van der Waals surface area contributed by atoms with Gasteiger partial charge in [0.15, 0.2) is 11.5 Å². The van der Waals surface area contributed by atoms with Crippen LogP contribution in [0.4, 0.5) is 17.3 Å². The predicted octanol–water partition coefficient (Wildman–Crippen LogP) is 4.11. The summed E-state index contributed by atoms with van der Waals surface area (Å²) in [6.45, 7) is 6.86. The van der Waals surface area contributed by atoms with E-state index in [0.717, 1.165) is 28.9 Å². The second-order valence-electron chi connectivity index (χ2n) is 9.04. The number of aromatic nitrogens is 6. The third-order valence-electron chi connectivity index (χ3n) is 6.43. The Kier molecular flexibility index (Phi) is 6.00. The van der Waals surface area contributed by atoms with Gasteiger partial charge in [0, 0.05) is 37.1 Å². The largest absolute Gasteiger partial charge is 0.457 e. The fourth-order valence-corrected chi connectivity index (χ4v) is 4.49. The van der Waals surface area contributed by atoms with Gasteiger partial charge in [-0.1, -0.05) is 6.58 Å². The van der Waals surface area contributed by atoms with Crippen molar-refractivity contribution in [3.63, 3.8) is 0 Å². The smallest absolute Gasteiger partial charge is 0.246 e. The second kappa shape index (κ2) is 9.77. The lowest BCUT2D eigenvalue weighted by Crippen LogP contribution is -2.30. The molecule has 1 aliphatic heterocycles. The molecular formula is C27H25N9O2. The molecule has 4 aromatic heterocycles. The zero-order chi connectivity index (χ0) is 26.1. The van der Waals surface area contributed by atoms with Crippen LogP contribution in [0.25, 0.3) is 16.7 Å². The molecule has 5 aromatic rings. The van der Waals surface area contributed by atoms with Gasteiger partial charge in [0.1, 0.15) is 35.5 Å². The summed E-state index contributed by atoms with van der Waals surface area (Å²) in [6, 6.07) is 13.4. The highest BCUT2D eigenvalue weighted by molar-refractivity contribution is 5.88. The molecule has 0 bridgehead atoms. The number of hydrogen-bond donors (Lipinski definition) is 2.